The number of nitrogens with zero attached hydrogens (tertiary/aromatic N) is 1. The maximum absolute atomic E-state index is 11.5. The lowest BCUT2D eigenvalue weighted by Gasteiger charge is -2.08. The predicted molar refractivity (Wildman–Crippen MR) is 123 cm³/mol. The number of carbonyl (C=O) groups is 1. The van der Waals surface area contributed by atoms with Crippen molar-refractivity contribution in [3.8, 4) is 0 Å². The summed E-state index contributed by atoms with van der Waals surface area (Å²) in [7, 11) is 4.05. The lowest BCUT2D eigenvalue weighted by atomic mass is 10.1. The van der Waals surface area contributed by atoms with E-state index in [2.05, 4.69) is 36.1 Å². The third-order valence-electron chi connectivity index (χ3n) is 4.82. The highest BCUT2D eigenvalue weighted by Gasteiger charge is 2.02. The van der Waals surface area contributed by atoms with Crippen molar-refractivity contribution in [2.45, 2.75) is 103 Å². The van der Waals surface area contributed by atoms with Crippen molar-refractivity contribution in [2.24, 2.45) is 0 Å². The van der Waals surface area contributed by atoms with Crippen LogP contribution in [0.3, 0.4) is 0 Å². The summed E-state index contributed by atoms with van der Waals surface area (Å²) in [6.07, 6.45) is 27.0. The topological polar surface area (TPSA) is 29.5 Å². The van der Waals surface area contributed by atoms with Crippen LogP contribution in [-0.2, 0) is 9.53 Å². The van der Waals surface area contributed by atoms with Gasteiger partial charge in [-0.25, -0.2) is 0 Å². The predicted octanol–water partition coefficient (Wildman–Crippen LogP) is 7.08. The van der Waals surface area contributed by atoms with Crippen LogP contribution < -0.4 is 0 Å². The van der Waals surface area contributed by atoms with Crippen LogP contribution in [0.5, 0.6) is 0 Å². The fraction of sp³-hybridized carbons (Fsp3) is 0.800. The standard InChI is InChI=1S/C25H47NO2/c1-4-5-6-7-8-9-10-11-12-13-14-15-16-17-18-19-20-24-28-25(27)22-21-23-26(2)3/h8-9,12-13H,4-7,10-11,14-24H2,1-3H3/b9-8-,13-12-. The maximum Gasteiger partial charge on any atom is 0.305 e. The average molecular weight is 394 g/mol. The second kappa shape index (κ2) is 22.2. The van der Waals surface area contributed by atoms with Crippen LogP contribution in [0.15, 0.2) is 24.3 Å². The first-order valence-corrected chi connectivity index (χ1v) is 11.8. The van der Waals surface area contributed by atoms with Gasteiger partial charge in [-0.3, -0.25) is 4.79 Å². The first-order chi connectivity index (χ1) is 13.7. The molecule has 0 aliphatic heterocycles. The van der Waals surface area contributed by atoms with Crippen LogP contribution >= 0.6 is 0 Å². The molecule has 28 heavy (non-hydrogen) atoms. The van der Waals surface area contributed by atoms with E-state index >= 15 is 0 Å². The Morgan fingerprint density at radius 1 is 0.714 bits per heavy atom. The molecule has 0 N–H and O–H groups in total. The molecule has 0 fully saturated rings. The first-order valence-electron chi connectivity index (χ1n) is 11.8. The van der Waals surface area contributed by atoms with Gasteiger partial charge in [-0.15, -0.1) is 0 Å². The second-order valence-electron chi connectivity index (χ2n) is 8.05. The molecule has 0 aliphatic carbocycles. The molecule has 0 aromatic heterocycles. The molecular weight excluding hydrogens is 346 g/mol. The normalized spacial score (nSPS) is 11.9. The summed E-state index contributed by atoms with van der Waals surface area (Å²) >= 11 is 0. The summed E-state index contributed by atoms with van der Waals surface area (Å²) in [5.74, 6) is -0.0411. The van der Waals surface area contributed by atoms with Gasteiger partial charge < -0.3 is 9.64 Å². The minimum absolute atomic E-state index is 0.0411. The van der Waals surface area contributed by atoms with Gasteiger partial charge in [-0.05, 0) is 72.0 Å². The van der Waals surface area contributed by atoms with Crippen LogP contribution in [0, 0.1) is 0 Å². The molecule has 3 heteroatoms. The molecule has 0 aromatic rings. The largest absolute Gasteiger partial charge is 0.466 e. The fourth-order valence-corrected chi connectivity index (χ4v) is 3.05. The van der Waals surface area contributed by atoms with E-state index in [4.69, 9.17) is 4.74 Å². The number of hydrogen-bond donors (Lipinski definition) is 0. The smallest absolute Gasteiger partial charge is 0.305 e. The first kappa shape index (κ1) is 26.9. The van der Waals surface area contributed by atoms with Crippen molar-refractivity contribution in [1.29, 1.82) is 0 Å². The molecule has 0 saturated heterocycles. The van der Waals surface area contributed by atoms with Gasteiger partial charge in [0.1, 0.15) is 0 Å². The molecule has 0 aromatic carbocycles. The SMILES string of the molecule is CCCCC/C=C\CC/C=C\CCCCCCCCOC(=O)CCCN(C)C. The molecule has 0 saturated carbocycles. The minimum Gasteiger partial charge on any atom is -0.466 e. The lowest BCUT2D eigenvalue weighted by molar-refractivity contribution is -0.143. The van der Waals surface area contributed by atoms with Crippen LogP contribution in [0.4, 0.5) is 0 Å². The fourth-order valence-electron chi connectivity index (χ4n) is 3.05. The maximum atomic E-state index is 11.5. The van der Waals surface area contributed by atoms with Gasteiger partial charge in [0.05, 0.1) is 6.61 Å². The third-order valence-corrected chi connectivity index (χ3v) is 4.82. The summed E-state index contributed by atoms with van der Waals surface area (Å²) < 4.78 is 5.28. The molecule has 0 radical (unpaired) electrons. The molecule has 0 atom stereocenters. The molecule has 0 spiro atoms. The number of unbranched alkanes of at least 4 members (excludes halogenated alkanes) is 10. The zero-order chi connectivity index (χ0) is 20.7. The Morgan fingerprint density at radius 3 is 1.86 bits per heavy atom. The Balaban J connectivity index is 3.23. The van der Waals surface area contributed by atoms with Gasteiger partial charge in [0.2, 0.25) is 0 Å². The van der Waals surface area contributed by atoms with Crippen molar-refractivity contribution >= 4 is 5.97 Å². The molecule has 0 rings (SSSR count). The van der Waals surface area contributed by atoms with Gasteiger partial charge in [-0.1, -0.05) is 69.8 Å². The Labute approximate surface area is 175 Å². The third kappa shape index (κ3) is 23.0. The Morgan fingerprint density at radius 2 is 1.25 bits per heavy atom. The number of hydrogen-bond acceptors (Lipinski definition) is 3. The molecule has 3 nitrogen and oxygen atoms in total. The number of rotatable bonds is 20. The zero-order valence-electron chi connectivity index (χ0n) is 19.1. The summed E-state index contributed by atoms with van der Waals surface area (Å²) in [5, 5.41) is 0. The monoisotopic (exact) mass is 393 g/mol. The van der Waals surface area contributed by atoms with Crippen molar-refractivity contribution in [2.75, 3.05) is 27.2 Å². The van der Waals surface area contributed by atoms with Gasteiger partial charge in [0, 0.05) is 6.42 Å². The number of allylic oxidation sites excluding steroid dienone is 4. The molecule has 0 aliphatic rings. The van der Waals surface area contributed by atoms with Crippen LogP contribution in [0.2, 0.25) is 0 Å². The van der Waals surface area contributed by atoms with Gasteiger partial charge >= 0.3 is 5.97 Å². The van der Waals surface area contributed by atoms with Crippen molar-refractivity contribution < 1.29 is 9.53 Å². The van der Waals surface area contributed by atoms with Crippen molar-refractivity contribution in [3.63, 3.8) is 0 Å². The Bertz CT molecular complexity index is 388. The highest BCUT2D eigenvalue weighted by molar-refractivity contribution is 5.69. The van der Waals surface area contributed by atoms with E-state index in [1.54, 1.807) is 0 Å². The average Bonchev–Trinajstić information content (AvgIpc) is 2.66. The zero-order valence-corrected chi connectivity index (χ0v) is 19.1. The van der Waals surface area contributed by atoms with Crippen LogP contribution in [0.1, 0.15) is 103 Å². The number of carbonyl (C=O) groups excluding carboxylic acids is 1. The van der Waals surface area contributed by atoms with Gasteiger partial charge in [-0.2, -0.15) is 0 Å². The second-order valence-corrected chi connectivity index (χ2v) is 8.05. The summed E-state index contributed by atoms with van der Waals surface area (Å²) in [4.78, 5) is 13.6. The molecule has 0 amide bonds. The van der Waals surface area contributed by atoms with E-state index in [0.717, 1.165) is 19.4 Å². The highest BCUT2D eigenvalue weighted by atomic mass is 16.5. The molecule has 0 unspecified atom stereocenters. The highest BCUT2D eigenvalue weighted by Crippen LogP contribution is 2.09. The van der Waals surface area contributed by atoms with Gasteiger partial charge in [0.25, 0.3) is 0 Å². The van der Waals surface area contributed by atoms with E-state index in [-0.39, 0.29) is 5.97 Å². The quantitative estimate of drug-likeness (QED) is 0.126. The van der Waals surface area contributed by atoms with E-state index in [0.29, 0.717) is 13.0 Å². The molecule has 164 valence electrons. The summed E-state index contributed by atoms with van der Waals surface area (Å²) in [6.45, 7) is 3.79. The van der Waals surface area contributed by atoms with E-state index in [1.165, 1.54) is 77.0 Å². The van der Waals surface area contributed by atoms with Gasteiger partial charge in [0.15, 0.2) is 0 Å². The minimum atomic E-state index is -0.0411. The Kier molecular flexibility index (Phi) is 21.3. The van der Waals surface area contributed by atoms with Crippen LogP contribution in [-0.4, -0.2) is 38.1 Å². The van der Waals surface area contributed by atoms with E-state index in [9.17, 15) is 4.79 Å². The molecule has 0 heterocycles. The van der Waals surface area contributed by atoms with Crippen molar-refractivity contribution in [1.82, 2.24) is 4.90 Å². The number of esters is 1. The summed E-state index contributed by atoms with van der Waals surface area (Å²) in [5.41, 5.74) is 0. The molecular formula is C25H47NO2. The van der Waals surface area contributed by atoms with E-state index < -0.39 is 0 Å². The summed E-state index contributed by atoms with van der Waals surface area (Å²) in [6, 6.07) is 0. The van der Waals surface area contributed by atoms with Crippen molar-refractivity contribution in [3.05, 3.63) is 24.3 Å². The number of ether oxygens (including phenoxy) is 1. The van der Waals surface area contributed by atoms with Crippen LogP contribution in [0.25, 0.3) is 0 Å². The molecule has 0 bridgehead atoms. The lowest BCUT2D eigenvalue weighted by Crippen LogP contribution is -2.15. The Hall–Kier alpha value is -1.09. The van der Waals surface area contributed by atoms with E-state index in [1.807, 2.05) is 14.1 Å².